The predicted octanol–water partition coefficient (Wildman–Crippen LogP) is 1.15. The summed E-state index contributed by atoms with van der Waals surface area (Å²) in [6.07, 6.45) is 0. The lowest BCUT2D eigenvalue weighted by Crippen LogP contribution is -2.21. The molecule has 15 heavy (non-hydrogen) atoms. The van der Waals surface area contributed by atoms with E-state index in [1.54, 1.807) is 6.07 Å². The number of nitrogens with two attached hydrogens (primary N) is 1. The molecule has 1 aromatic carbocycles. The van der Waals surface area contributed by atoms with E-state index < -0.39 is 12.0 Å². The Hall–Kier alpha value is -1.55. The Kier molecular flexibility index (Phi) is 3.31. The van der Waals surface area contributed by atoms with Gasteiger partial charge in [-0.3, -0.25) is 4.79 Å². The molecule has 1 rings (SSSR count). The number of aryl methyl sites for hydroxylation is 1. The summed E-state index contributed by atoms with van der Waals surface area (Å²) < 4.78 is 0. The summed E-state index contributed by atoms with van der Waals surface area (Å²) in [5.74, 6) is -1.00. The Labute approximate surface area is 89.3 Å². The van der Waals surface area contributed by atoms with Gasteiger partial charge in [0, 0.05) is 19.8 Å². The zero-order valence-electron chi connectivity index (χ0n) is 9.19. The van der Waals surface area contributed by atoms with Crippen molar-refractivity contribution in [1.82, 2.24) is 0 Å². The van der Waals surface area contributed by atoms with Crippen molar-refractivity contribution in [3.63, 3.8) is 0 Å². The van der Waals surface area contributed by atoms with Gasteiger partial charge in [0.15, 0.2) is 0 Å². The minimum Gasteiger partial charge on any atom is -0.480 e. The molecular formula is C11H16N2O2. The van der Waals surface area contributed by atoms with Crippen LogP contribution in [0.15, 0.2) is 18.2 Å². The Morgan fingerprint density at radius 1 is 1.47 bits per heavy atom. The fourth-order valence-electron chi connectivity index (χ4n) is 1.42. The average molecular weight is 208 g/mol. The molecule has 0 aliphatic carbocycles. The molecule has 0 fully saturated rings. The molecule has 0 aliphatic rings. The Morgan fingerprint density at radius 2 is 2.07 bits per heavy atom. The number of carboxylic acids is 1. The second-order valence-electron chi connectivity index (χ2n) is 3.75. The van der Waals surface area contributed by atoms with E-state index in [4.69, 9.17) is 10.8 Å². The summed E-state index contributed by atoms with van der Waals surface area (Å²) in [5.41, 5.74) is 8.15. The predicted molar refractivity (Wildman–Crippen MR) is 60.1 cm³/mol. The normalized spacial score (nSPS) is 12.3. The maximum atomic E-state index is 10.7. The summed E-state index contributed by atoms with van der Waals surface area (Å²) in [5, 5.41) is 8.80. The van der Waals surface area contributed by atoms with Gasteiger partial charge in [0.1, 0.15) is 6.04 Å². The van der Waals surface area contributed by atoms with Crippen molar-refractivity contribution in [2.75, 3.05) is 19.0 Å². The highest BCUT2D eigenvalue weighted by molar-refractivity contribution is 5.76. The van der Waals surface area contributed by atoms with Crippen LogP contribution in [-0.2, 0) is 4.79 Å². The third kappa shape index (κ3) is 2.47. The third-order valence-corrected chi connectivity index (χ3v) is 2.37. The highest BCUT2D eigenvalue weighted by Crippen LogP contribution is 2.21. The molecule has 0 saturated heterocycles. The third-order valence-electron chi connectivity index (χ3n) is 2.37. The molecule has 0 bridgehead atoms. The van der Waals surface area contributed by atoms with Crippen molar-refractivity contribution in [2.24, 2.45) is 5.73 Å². The number of hydrogen-bond donors (Lipinski definition) is 2. The zero-order valence-corrected chi connectivity index (χ0v) is 9.19. The highest BCUT2D eigenvalue weighted by atomic mass is 16.4. The average Bonchev–Trinajstić information content (AvgIpc) is 2.16. The van der Waals surface area contributed by atoms with Crippen LogP contribution in [0.4, 0.5) is 5.69 Å². The van der Waals surface area contributed by atoms with Crippen LogP contribution >= 0.6 is 0 Å². The van der Waals surface area contributed by atoms with Gasteiger partial charge in [-0.25, -0.2) is 0 Å². The molecule has 0 heterocycles. The van der Waals surface area contributed by atoms with Crippen LogP contribution < -0.4 is 10.6 Å². The van der Waals surface area contributed by atoms with Crippen molar-refractivity contribution >= 4 is 11.7 Å². The largest absolute Gasteiger partial charge is 0.480 e. The van der Waals surface area contributed by atoms with E-state index in [-0.39, 0.29) is 0 Å². The van der Waals surface area contributed by atoms with Gasteiger partial charge in [-0.15, -0.1) is 0 Å². The molecule has 3 N–H and O–H groups in total. The van der Waals surface area contributed by atoms with Crippen molar-refractivity contribution in [3.8, 4) is 0 Å². The minimum absolute atomic E-state index is 0.660. The van der Waals surface area contributed by atoms with Gasteiger partial charge < -0.3 is 15.7 Å². The number of nitrogens with zero attached hydrogens (tertiary/aromatic N) is 1. The van der Waals surface area contributed by atoms with E-state index in [0.717, 1.165) is 11.3 Å². The number of rotatable bonds is 3. The molecule has 0 amide bonds. The van der Waals surface area contributed by atoms with Gasteiger partial charge in [-0.2, -0.15) is 0 Å². The van der Waals surface area contributed by atoms with E-state index in [1.165, 1.54) is 0 Å². The van der Waals surface area contributed by atoms with Crippen LogP contribution in [0.5, 0.6) is 0 Å². The number of anilines is 1. The summed E-state index contributed by atoms with van der Waals surface area (Å²) >= 11 is 0. The van der Waals surface area contributed by atoms with E-state index in [0.29, 0.717) is 5.56 Å². The van der Waals surface area contributed by atoms with Gasteiger partial charge >= 0.3 is 5.97 Å². The fourth-order valence-corrected chi connectivity index (χ4v) is 1.42. The number of benzene rings is 1. The molecule has 4 heteroatoms. The van der Waals surface area contributed by atoms with Crippen LogP contribution in [0.25, 0.3) is 0 Å². The van der Waals surface area contributed by atoms with Crippen LogP contribution in [0, 0.1) is 6.92 Å². The molecule has 0 unspecified atom stereocenters. The van der Waals surface area contributed by atoms with Gasteiger partial charge in [-0.1, -0.05) is 6.07 Å². The lowest BCUT2D eigenvalue weighted by atomic mass is 10.0. The number of hydrogen-bond acceptors (Lipinski definition) is 3. The summed E-state index contributed by atoms with van der Waals surface area (Å²) in [7, 11) is 3.87. The maximum Gasteiger partial charge on any atom is 0.325 e. The van der Waals surface area contributed by atoms with Crippen LogP contribution in [0.3, 0.4) is 0 Å². The number of carboxylic acid groups (broad SMARTS) is 1. The molecule has 82 valence electrons. The molecule has 4 nitrogen and oxygen atoms in total. The Balaban J connectivity index is 3.08. The van der Waals surface area contributed by atoms with E-state index in [9.17, 15) is 4.79 Å². The van der Waals surface area contributed by atoms with E-state index in [2.05, 4.69) is 0 Å². The number of carbonyl (C=O) groups is 1. The zero-order chi connectivity index (χ0) is 11.6. The molecule has 0 saturated carbocycles. The smallest absolute Gasteiger partial charge is 0.325 e. The first-order valence-corrected chi connectivity index (χ1v) is 4.69. The van der Waals surface area contributed by atoms with Crippen molar-refractivity contribution < 1.29 is 9.90 Å². The molecule has 0 radical (unpaired) electrons. The van der Waals surface area contributed by atoms with Gasteiger partial charge in [0.2, 0.25) is 0 Å². The molecule has 0 aliphatic heterocycles. The fraction of sp³-hybridized carbons (Fsp3) is 0.364. The standard InChI is InChI=1S/C11H16N2O2/c1-7-6-8(13(2)3)4-5-9(7)10(12)11(14)15/h4-6,10H,12H2,1-3H3,(H,14,15)/t10-/m0/s1. The second kappa shape index (κ2) is 4.31. The van der Waals surface area contributed by atoms with Crippen molar-refractivity contribution in [2.45, 2.75) is 13.0 Å². The first-order valence-electron chi connectivity index (χ1n) is 4.69. The van der Waals surface area contributed by atoms with Gasteiger partial charge in [-0.05, 0) is 30.2 Å². The SMILES string of the molecule is Cc1cc(N(C)C)ccc1[C@H](N)C(=O)O. The maximum absolute atomic E-state index is 10.7. The summed E-state index contributed by atoms with van der Waals surface area (Å²) in [6.45, 7) is 1.87. The first-order chi connectivity index (χ1) is 6.93. The Morgan fingerprint density at radius 3 is 2.47 bits per heavy atom. The van der Waals surface area contributed by atoms with E-state index in [1.807, 2.05) is 38.1 Å². The second-order valence-corrected chi connectivity index (χ2v) is 3.75. The lowest BCUT2D eigenvalue weighted by molar-refractivity contribution is -0.138. The van der Waals surface area contributed by atoms with Crippen LogP contribution in [0.1, 0.15) is 17.2 Å². The first kappa shape index (κ1) is 11.5. The molecule has 0 spiro atoms. The van der Waals surface area contributed by atoms with E-state index >= 15 is 0 Å². The molecule has 0 aromatic heterocycles. The minimum atomic E-state index is -1.00. The molecule has 1 atom stereocenters. The summed E-state index contributed by atoms with van der Waals surface area (Å²) in [4.78, 5) is 12.7. The van der Waals surface area contributed by atoms with Crippen LogP contribution in [0.2, 0.25) is 0 Å². The Bertz CT molecular complexity index is 375. The quantitative estimate of drug-likeness (QED) is 0.781. The molecule has 1 aromatic rings. The molecular weight excluding hydrogens is 192 g/mol. The van der Waals surface area contributed by atoms with Gasteiger partial charge in [0.25, 0.3) is 0 Å². The number of aliphatic carboxylic acids is 1. The monoisotopic (exact) mass is 208 g/mol. The van der Waals surface area contributed by atoms with Crippen molar-refractivity contribution in [3.05, 3.63) is 29.3 Å². The topological polar surface area (TPSA) is 66.6 Å². The highest BCUT2D eigenvalue weighted by Gasteiger charge is 2.16. The van der Waals surface area contributed by atoms with Gasteiger partial charge in [0.05, 0.1) is 0 Å². The lowest BCUT2D eigenvalue weighted by Gasteiger charge is -2.16. The van der Waals surface area contributed by atoms with Crippen molar-refractivity contribution in [1.29, 1.82) is 0 Å². The summed E-state index contributed by atoms with van der Waals surface area (Å²) in [6, 6.07) is 4.62. The van der Waals surface area contributed by atoms with Crippen LogP contribution in [-0.4, -0.2) is 25.2 Å².